The number of aryl methyl sites for hydroxylation is 2. The first-order valence-electron chi connectivity index (χ1n) is 7.71. The van der Waals surface area contributed by atoms with Gasteiger partial charge in [0.25, 0.3) is 0 Å². The molecule has 3 rings (SSSR count). The fourth-order valence-corrected chi connectivity index (χ4v) is 2.85. The molecular formula is C16H20N4O3. The van der Waals surface area contributed by atoms with Crippen molar-refractivity contribution in [2.75, 3.05) is 11.9 Å². The minimum atomic E-state index is -0.335. The molecule has 0 bridgehead atoms. The molecule has 1 saturated heterocycles. The average molecular weight is 316 g/mol. The first-order chi connectivity index (χ1) is 11.1. The second-order valence-electron chi connectivity index (χ2n) is 5.57. The van der Waals surface area contributed by atoms with Crippen LogP contribution in [0.3, 0.4) is 0 Å². The lowest BCUT2D eigenvalue weighted by molar-refractivity contribution is -0.121. The quantitative estimate of drug-likeness (QED) is 0.901. The number of nitrogens with one attached hydrogen (secondary N) is 1. The number of carbonyl (C=O) groups excluding carboxylic acids is 1. The number of ether oxygens (including phenoxy) is 1. The number of aromatic hydroxyl groups is 1. The summed E-state index contributed by atoms with van der Waals surface area (Å²) in [6, 6.07) is 5.08. The molecule has 2 aromatic heterocycles. The number of nitrogens with zero attached hydrogens (tertiary/aromatic N) is 3. The summed E-state index contributed by atoms with van der Waals surface area (Å²) < 4.78 is 7.59. The molecule has 2 atom stereocenters. The normalized spacial score (nSPS) is 20.6. The summed E-state index contributed by atoms with van der Waals surface area (Å²) in [6.45, 7) is 5.03. The molecule has 0 unspecified atom stereocenters. The van der Waals surface area contributed by atoms with Crippen molar-refractivity contribution in [2.45, 2.75) is 32.9 Å². The Bertz CT molecular complexity index is 713. The van der Waals surface area contributed by atoms with Crippen molar-refractivity contribution in [3.05, 3.63) is 35.8 Å². The van der Waals surface area contributed by atoms with Gasteiger partial charge in [0.15, 0.2) is 11.6 Å². The number of amides is 1. The second-order valence-corrected chi connectivity index (χ2v) is 5.57. The van der Waals surface area contributed by atoms with E-state index in [1.807, 2.05) is 17.7 Å². The molecule has 0 aliphatic carbocycles. The fourth-order valence-electron chi connectivity index (χ4n) is 2.85. The predicted molar refractivity (Wildman–Crippen MR) is 84.0 cm³/mol. The van der Waals surface area contributed by atoms with Gasteiger partial charge in [-0.1, -0.05) is 0 Å². The van der Waals surface area contributed by atoms with E-state index >= 15 is 0 Å². The lowest BCUT2D eigenvalue weighted by atomic mass is 9.98. The summed E-state index contributed by atoms with van der Waals surface area (Å²) in [5, 5.41) is 16.8. The summed E-state index contributed by atoms with van der Waals surface area (Å²) >= 11 is 0. The van der Waals surface area contributed by atoms with E-state index in [0.717, 1.165) is 17.9 Å². The standard InChI is InChI=1S/C16H20N4O3/c1-3-20-12(6-8-17-20)14-11(7-9-23-14)16(22)19-15-13(21)5-4-10(2)18-15/h4-6,8,11,14,21H,3,7,9H2,1-2H3,(H,18,19,22)/t11-,14-/m1/s1. The van der Waals surface area contributed by atoms with Gasteiger partial charge in [0.05, 0.1) is 11.6 Å². The van der Waals surface area contributed by atoms with E-state index in [0.29, 0.717) is 13.0 Å². The van der Waals surface area contributed by atoms with Gasteiger partial charge in [-0.2, -0.15) is 5.10 Å². The zero-order valence-electron chi connectivity index (χ0n) is 13.2. The first kappa shape index (κ1) is 15.5. The molecular weight excluding hydrogens is 296 g/mol. The van der Waals surface area contributed by atoms with Crippen molar-refractivity contribution in [1.29, 1.82) is 0 Å². The monoisotopic (exact) mass is 316 g/mol. The molecule has 0 aromatic carbocycles. The molecule has 122 valence electrons. The van der Waals surface area contributed by atoms with E-state index in [4.69, 9.17) is 4.74 Å². The molecule has 0 spiro atoms. The summed E-state index contributed by atoms with van der Waals surface area (Å²) in [6.07, 6.45) is 2.01. The number of aromatic nitrogens is 3. The van der Waals surface area contributed by atoms with Crippen LogP contribution in [0.2, 0.25) is 0 Å². The summed E-state index contributed by atoms with van der Waals surface area (Å²) in [5.74, 6) is -0.397. The highest BCUT2D eigenvalue weighted by atomic mass is 16.5. The highest BCUT2D eigenvalue weighted by Crippen LogP contribution is 2.35. The Kier molecular flexibility index (Phi) is 4.29. The zero-order valence-corrected chi connectivity index (χ0v) is 13.2. The van der Waals surface area contributed by atoms with Gasteiger partial charge in [-0.05, 0) is 38.5 Å². The Morgan fingerprint density at radius 2 is 2.30 bits per heavy atom. The van der Waals surface area contributed by atoms with Gasteiger partial charge in [-0.3, -0.25) is 9.48 Å². The lowest BCUT2D eigenvalue weighted by Gasteiger charge is -2.19. The van der Waals surface area contributed by atoms with Crippen molar-refractivity contribution >= 4 is 11.7 Å². The van der Waals surface area contributed by atoms with E-state index in [9.17, 15) is 9.90 Å². The van der Waals surface area contributed by atoms with Crippen LogP contribution in [-0.4, -0.2) is 32.4 Å². The fraction of sp³-hybridized carbons (Fsp3) is 0.438. The molecule has 1 amide bonds. The molecule has 3 heterocycles. The highest BCUT2D eigenvalue weighted by Gasteiger charge is 2.37. The molecule has 2 aromatic rings. The van der Waals surface area contributed by atoms with Crippen LogP contribution in [0.25, 0.3) is 0 Å². The Labute approximate surface area is 134 Å². The van der Waals surface area contributed by atoms with Crippen molar-refractivity contribution in [3.63, 3.8) is 0 Å². The Balaban J connectivity index is 1.80. The van der Waals surface area contributed by atoms with Crippen molar-refractivity contribution in [2.24, 2.45) is 5.92 Å². The summed E-state index contributed by atoms with van der Waals surface area (Å²) in [4.78, 5) is 16.8. The van der Waals surface area contributed by atoms with Crippen LogP contribution in [0, 0.1) is 12.8 Å². The molecule has 7 nitrogen and oxygen atoms in total. The number of hydrogen-bond donors (Lipinski definition) is 2. The third-order valence-electron chi connectivity index (χ3n) is 4.02. The van der Waals surface area contributed by atoms with Gasteiger partial charge in [0.2, 0.25) is 5.91 Å². The number of anilines is 1. The lowest BCUT2D eigenvalue weighted by Crippen LogP contribution is -2.27. The zero-order chi connectivity index (χ0) is 16.4. The van der Waals surface area contributed by atoms with Gasteiger partial charge in [0, 0.05) is 25.0 Å². The maximum atomic E-state index is 12.6. The van der Waals surface area contributed by atoms with Crippen molar-refractivity contribution in [1.82, 2.24) is 14.8 Å². The maximum absolute atomic E-state index is 12.6. The SMILES string of the molecule is CCn1nccc1[C@@H]1OCC[C@H]1C(=O)Nc1nc(C)ccc1O. The predicted octanol–water partition coefficient (Wildman–Crippen LogP) is 2.03. The van der Waals surface area contributed by atoms with E-state index in [1.54, 1.807) is 19.2 Å². The molecule has 1 aliphatic rings. The Morgan fingerprint density at radius 3 is 3.09 bits per heavy atom. The minimum Gasteiger partial charge on any atom is -0.504 e. The molecule has 7 heteroatoms. The largest absolute Gasteiger partial charge is 0.504 e. The van der Waals surface area contributed by atoms with E-state index in [-0.39, 0.29) is 29.5 Å². The van der Waals surface area contributed by atoms with Gasteiger partial charge in [-0.25, -0.2) is 4.98 Å². The van der Waals surface area contributed by atoms with E-state index in [2.05, 4.69) is 15.4 Å². The van der Waals surface area contributed by atoms with Crippen LogP contribution in [0.5, 0.6) is 5.75 Å². The van der Waals surface area contributed by atoms with Gasteiger partial charge < -0.3 is 15.2 Å². The summed E-state index contributed by atoms with van der Waals surface area (Å²) in [5.41, 5.74) is 1.62. The highest BCUT2D eigenvalue weighted by molar-refractivity contribution is 5.93. The van der Waals surface area contributed by atoms with Crippen LogP contribution >= 0.6 is 0 Å². The third kappa shape index (κ3) is 3.05. The first-order valence-corrected chi connectivity index (χ1v) is 7.71. The van der Waals surface area contributed by atoms with Crippen LogP contribution in [0.1, 0.15) is 30.8 Å². The topological polar surface area (TPSA) is 89.3 Å². The van der Waals surface area contributed by atoms with Crippen LogP contribution in [-0.2, 0) is 16.1 Å². The number of hydrogen-bond acceptors (Lipinski definition) is 5. The Hall–Kier alpha value is -2.41. The minimum absolute atomic E-state index is 0.0435. The summed E-state index contributed by atoms with van der Waals surface area (Å²) in [7, 11) is 0. The van der Waals surface area contributed by atoms with Gasteiger partial charge >= 0.3 is 0 Å². The van der Waals surface area contributed by atoms with Crippen molar-refractivity contribution < 1.29 is 14.6 Å². The maximum Gasteiger partial charge on any atom is 0.231 e. The van der Waals surface area contributed by atoms with Gasteiger partial charge in [-0.15, -0.1) is 0 Å². The molecule has 1 aliphatic heterocycles. The van der Waals surface area contributed by atoms with Gasteiger partial charge in [0.1, 0.15) is 6.10 Å². The van der Waals surface area contributed by atoms with E-state index in [1.165, 1.54) is 6.07 Å². The molecule has 23 heavy (non-hydrogen) atoms. The van der Waals surface area contributed by atoms with Crippen LogP contribution in [0.4, 0.5) is 5.82 Å². The molecule has 0 saturated carbocycles. The number of carbonyl (C=O) groups is 1. The molecule has 2 N–H and O–H groups in total. The third-order valence-corrected chi connectivity index (χ3v) is 4.02. The average Bonchev–Trinajstić information content (AvgIpc) is 3.18. The molecule has 1 fully saturated rings. The smallest absolute Gasteiger partial charge is 0.231 e. The van der Waals surface area contributed by atoms with E-state index < -0.39 is 0 Å². The second kappa shape index (κ2) is 6.37. The number of rotatable bonds is 4. The van der Waals surface area contributed by atoms with Crippen molar-refractivity contribution in [3.8, 4) is 5.75 Å². The van der Waals surface area contributed by atoms with Crippen LogP contribution < -0.4 is 5.32 Å². The van der Waals surface area contributed by atoms with Crippen LogP contribution in [0.15, 0.2) is 24.4 Å². The number of pyridine rings is 1. The Morgan fingerprint density at radius 1 is 1.48 bits per heavy atom. The molecule has 0 radical (unpaired) electrons.